The number of rotatable bonds is 2. The fraction of sp³-hybridized carbons (Fsp3) is 0.286. The molecule has 0 aliphatic carbocycles. The minimum atomic E-state index is 0.573. The summed E-state index contributed by atoms with van der Waals surface area (Å²) in [6.45, 7) is 0. The molecule has 11 heavy (non-hydrogen) atoms. The summed E-state index contributed by atoms with van der Waals surface area (Å²) >= 11 is 6.75. The molecule has 0 aromatic carbocycles. The SMILES string of the molecule is Nc1cc(CBr)c(CBr)cn1. The van der Waals surface area contributed by atoms with Gasteiger partial charge in [0.05, 0.1) is 0 Å². The van der Waals surface area contributed by atoms with Gasteiger partial charge in [0.1, 0.15) is 5.82 Å². The van der Waals surface area contributed by atoms with Gasteiger partial charge in [-0.15, -0.1) is 0 Å². The molecule has 1 aromatic rings. The number of anilines is 1. The summed E-state index contributed by atoms with van der Waals surface area (Å²) in [7, 11) is 0. The molecule has 2 nitrogen and oxygen atoms in total. The number of alkyl halides is 2. The van der Waals surface area contributed by atoms with E-state index in [0.717, 1.165) is 10.7 Å². The van der Waals surface area contributed by atoms with Gasteiger partial charge < -0.3 is 5.73 Å². The molecule has 0 spiro atoms. The van der Waals surface area contributed by atoms with Gasteiger partial charge in [-0.2, -0.15) is 0 Å². The van der Waals surface area contributed by atoms with Gasteiger partial charge in [0, 0.05) is 16.9 Å². The van der Waals surface area contributed by atoms with Crippen LogP contribution in [0.5, 0.6) is 0 Å². The Bertz CT molecular complexity index is 250. The van der Waals surface area contributed by atoms with Crippen molar-refractivity contribution >= 4 is 37.7 Å². The second kappa shape index (κ2) is 4.07. The highest BCUT2D eigenvalue weighted by Crippen LogP contribution is 2.16. The van der Waals surface area contributed by atoms with Gasteiger partial charge in [0.2, 0.25) is 0 Å². The van der Waals surface area contributed by atoms with Crippen LogP contribution in [0.2, 0.25) is 0 Å². The van der Waals surface area contributed by atoms with Crippen molar-refractivity contribution < 1.29 is 0 Å². The highest BCUT2D eigenvalue weighted by atomic mass is 79.9. The van der Waals surface area contributed by atoms with Gasteiger partial charge in [-0.05, 0) is 17.2 Å². The van der Waals surface area contributed by atoms with E-state index in [9.17, 15) is 0 Å². The van der Waals surface area contributed by atoms with E-state index in [2.05, 4.69) is 36.8 Å². The van der Waals surface area contributed by atoms with Gasteiger partial charge in [-0.3, -0.25) is 0 Å². The highest BCUT2D eigenvalue weighted by molar-refractivity contribution is 9.09. The zero-order chi connectivity index (χ0) is 8.27. The molecule has 0 aliphatic rings. The van der Waals surface area contributed by atoms with Gasteiger partial charge in [0.25, 0.3) is 0 Å². The van der Waals surface area contributed by atoms with Crippen molar-refractivity contribution in [2.75, 3.05) is 5.73 Å². The van der Waals surface area contributed by atoms with E-state index in [1.165, 1.54) is 11.1 Å². The minimum Gasteiger partial charge on any atom is -0.384 e. The van der Waals surface area contributed by atoms with Gasteiger partial charge >= 0.3 is 0 Å². The molecule has 4 heteroatoms. The van der Waals surface area contributed by atoms with E-state index >= 15 is 0 Å². The van der Waals surface area contributed by atoms with Crippen LogP contribution in [0.1, 0.15) is 11.1 Å². The molecule has 0 bridgehead atoms. The third kappa shape index (κ3) is 2.17. The highest BCUT2D eigenvalue weighted by Gasteiger charge is 2.00. The minimum absolute atomic E-state index is 0.573. The Morgan fingerprint density at radius 1 is 1.27 bits per heavy atom. The van der Waals surface area contributed by atoms with Crippen molar-refractivity contribution in [3.8, 4) is 0 Å². The van der Waals surface area contributed by atoms with Crippen molar-refractivity contribution in [2.45, 2.75) is 10.7 Å². The summed E-state index contributed by atoms with van der Waals surface area (Å²) in [6.07, 6.45) is 1.79. The first kappa shape index (κ1) is 9.00. The van der Waals surface area contributed by atoms with Crippen LogP contribution >= 0.6 is 31.9 Å². The van der Waals surface area contributed by atoms with Crippen molar-refractivity contribution in [1.29, 1.82) is 0 Å². The topological polar surface area (TPSA) is 38.9 Å². The maximum Gasteiger partial charge on any atom is 0.123 e. The van der Waals surface area contributed by atoms with Crippen LogP contribution in [-0.4, -0.2) is 4.98 Å². The molecule has 0 saturated heterocycles. The van der Waals surface area contributed by atoms with E-state index in [1.54, 1.807) is 6.20 Å². The predicted octanol–water partition coefficient (Wildman–Crippen LogP) is 2.45. The largest absolute Gasteiger partial charge is 0.384 e. The first-order valence-electron chi connectivity index (χ1n) is 3.13. The molecular weight excluding hydrogens is 272 g/mol. The van der Waals surface area contributed by atoms with Crippen molar-refractivity contribution in [1.82, 2.24) is 4.98 Å². The molecule has 60 valence electrons. The summed E-state index contributed by atoms with van der Waals surface area (Å²) < 4.78 is 0. The normalized spacial score (nSPS) is 10.0. The Morgan fingerprint density at radius 2 is 1.91 bits per heavy atom. The molecule has 0 atom stereocenters. The molecular formula is C7H8Br2N2. The molecule has 0 unspecified atom stereocenters. The average molecular weight is 280 g/mol. The Labute approximate surface area is 82.5 Å². The Morgan fingerprint density at radius 3 is 2.45 bits per heavy atom. The van der Waals surface area contributed by atoms with Crippen molar-refractivity contribution in [2.24, 2.45) is 0 Å². The van der Waals surface area contributed by atoms with Crippen LogP contribution < -0.4 is 5.73 Å². The molecule has 0 saturated carbocycles. The van der Waals surface area contributed by atoms with Crippen molar-refractivity contribution in [3.63, 3.8) is 0 Å². The molecule has 0 radical (unpaired) electrons. The predicted molar refractivity (Wildman–Crippen MR) is 53.9 cm³/mol. The Hall–Kier alpha value is -0.0900. The summed E-state index contributed by atoms with van der Waals surface area (Å²) in [5.41, 5.74) is 7.88. The van der Waals surface area contributed by atoms with E-state index in [1.807, 2.05) is 6.07 Å². The first-order chi connectivity index (χ1) is 5.27. The second-order valence-corrected chi connectivity index (χ2v) is 3.27. The average Bonchev–Trinajstić information content (AvgIpc) is 2.04. The van der Waals surface area contributed by atoms with Gasteiger partial charge in [-0.25, -0.2) is 4.98 Å². The monoisotopic (exact) mass is 278 g/mol. The number of nitrogen functional groups attached to an aromatic ring is 1. The lowest BCUT2D eigenvalue weighted by molar-refractivity contribution is 1.20. The van der Waals surface area contributed by atoms with Crippen molar-refractivity contribution in [3.05, 3.63) is 23.4 Å². The standard InChI is InChI=1S/C7H8Br2N2/c8-2-5-1-7(10)11-4-6(5)3-9/h1,4H,2-3H2,(H2,10,11). The number of hydrogen-bond donors (Lipinski definition) is 1. The number of aromatic nitrogens is 1. The molecule has 0 aliphatic heterocycles. The smallest absolute Gasteiger partial charge is 0.123 e. The molecule has 1 aromatic heterocycles. The lowest BCUT2D eigenvalue weighted by atomic mass is 10.2. The Balaban J connectivity index is 3.06. The van der Waals surface area contributed by atoms with Gasteiger partial charge in [-0.1, -0.05) is 31.9 Å². The fourth-order valence-corrected chi connectivity index (χ4v) is 1.82. The van der Waals surface area contributed by atoms with E-state index in [-0.39, 0.29) is 0 Å². The lowest BCUT2D eigenvalue weighted by Crippen LogP contribution is -1.95. The number of nitrogens with zero attached hydrogens (tertiary/aromatic N) is 1. The summed E-state index contributed by atoms with van der Waals surface area (Å²) in [5, 5.41) is 1.64. The van der Waals surface area contributed by atoms with Gasteiger partial charge in [0.15, 0.2) is 0 Å². The van der Waals surface area contributed by atoms with Crippen LogP contribution in [0.25, 0.3) is 0 Å². The van der Waals surface area contributed by atoms with Crippen LogP contribution in [0.3, 0.4) is 0 Å². The number of pyridine rings is 1. The maximum absolute atomic E-state index is 5.51. The van der Waals surface area contributed by atoms with E-state index in [4.69, 9.17) is 5.73 Å². The molecule has 1 heterocycles. The summed E-state index contributed by atoms with van der Waals surface area (Å²) in [5.74, 6) is 0.573. The molecule has 1 rings (SSSR count). The van der Waals surface area contributed by atoms with Crippen LogP contribution in [0.4, 0.5) is 5.82 Å². The second-order valence-electron chi connectivity index (χ2n) is 2.15. The van der Waals surface area contributed by atoms with E-state index in [0.29, 0.717) is 5.82 Å². The zero-order valence-corrected chi connectivity index (χ0v) is 9.02. The molecule has 2 N–H and O–H groups in total. The fourth-order valence-electron chi connectivity index (χ4n) is 0.789. The number of hydrogen-bond acceptors (Lipinski definition) is 2. The van der Waals surface area contributed by atoms with Crippen LogP contribution in [0, 0.1) is 0 Å². The third-order valence-electron chi connectivity index (χ3n) is 1.39. The zero-order valence-electron chi connectivity index (χ0n) is 5.85. The molecule has 0 amide bonds. The lowest BCUT2D eigenvalue weighted by Gasteiger charge is -2.02. The third-order valence-corrected chi connectivity index (χ3v) is 2.60. The first-order valence-corrected chi connectivity index (χ1v) is 5.37. The quantitative estimate of drug-likeness (QED) is 0.845. The van der Waals surface area contributed by atoms with Crippen LogP contribution in [-0.2, 0) is 10.7 Å². The molecule has 0 fully saturated rings. The summed E-state index contributed by atoms with van der Waals surface area (Å²) in [4.78, 5) is 3.99. The maximum atomic E-state index is 5.51. The summed E-state index contributed by atoms with van der Waals surface area (Å²) in [6, 6.07) is 1.88. The number of nitrogens with two attached hydrogens (primary N) is 1. The Kier molecular flexibility index (Phi) is 3.33. The number of halogens is 2. The van der Waals surface area contributed by atoms with Crippen LogP contribution in [0.15, 0.2) is 12.3 Å². The van der Waals surface area contributed by atoms with E-state index < -0.39 is 0 Å².